The lowest BCUT2D eigenvalue weighted by atomic mass is 10.3. The fraction of sp³-hybridized carbons (Fsp3) is 0.444. The molecule has 2 N–H and O–H groups in total. The van der Waals surface area contributed by atoms with E-state index in [4.69, 9.17) is 4.52 Å². The second-order valence-electron chi connectivity index (χ2n) is 5.42. The van der Waals surface area contributed by atoms with E-state index in [0.717, 1.165) is 54.0 Å². The van der Waals surface area contributed by atoms with Crippen molar-refractivity contribution >= 4 is 17.7 Å². The molecule has 2 aromatic rings. The third-order valence-electron chi connectivity index (χ3n) is 3.40. The lowest BCUT2D eigenvalue weighted by Gasteiger charge is -2.10. The van der Waals surface area contributed by atoms with E-state index in [1.807, 2.05) is 19.9 Å². The zero-order valence-electron chi connectivity index (χ0n) is 14.7. The summed E-state index contributed by atoms with van der Waals surface area (Å²) in [5.41, 5.74) is 0.945. The molecule has 0 bridgehead atoms. The Morgan fingerprint density at radius 2 is 2.04 bits per heavy atom. The number of aromatic nitrogens is 1. The minimum Gasteiger partial charge on any atom is -0.359 e. The lowest BCUT2D eigenvalue weighted by Crippen LogP contribution is -2.37. The molecule has 0 saturated heterocycles. The number of halogens is 1. The molecular formula is C18H25FN4OS. The molecule has 25 heavy (non-hydrogen) atoms. The van der Waals surface area contributed by atoms with Crippen molar-refractivity contribution in [1.29, 1.82) is 0 Å². The number of hydrogen-bond acceptors (Lipinski definition) is 4. The number of hydrogen-bond donors (Lipinski definition) is 2. The summed E-state index contributed by atoms with van der Waals surface area (Å²) in [7, 11) is 0. The average Bonchev–Trinajstić information content (AvgIpc) is 3.09. The van der Waals surface area contributed by atoms with Crippen LogP contribution in [0.3, 0.4) is 0 Å². The van der Waals surface area contributed by atoms with E-state index in [-0.39, 0.29) is 5.82 Å². The minimum absolute atomic E-state index is 0.199. The zero-order valence-corrected chi connectivity index (χ0v) is 15.5. The Morgan fingerprint density at radius 1 is 1.24 bits per heavy atom. The largest absolute Gasteiger partial charge is 0.359 e. The van der Waals surface area contributed by atoms with Crippen molar-refractivity contribution in [2.45, 2.75) is 38.1 Å². The van der Waals surface area contributed by atoms with E-state index in [1.54, 1.807) is 23.9 Å². The first-order valence-corrected chi connectivity index (χ1v) is 9.54. The molecule has 0 aliphatic carbocycles. The van der Waals surface area contributed by atoms with Crippen molar-refractivity contribution in [2.75, 3.05) is 18.8 Å². The summed E-state index contributed by atoms with van der Waals surface area (Å²) in [6, 6.07) is 8.53. The Labute approximate surface area is 152 Å². The summed E-state index contributed by atoms with van der Waals surface area (Å²) in [6.45, 7) is 6.15. The molecule has 5 nitrogen and oxygen atoms in total. The molecule has 0 spiro atoms. The maximum atomic E-state index is 12.9. The molecule has 0 atom stereocenters. The first kappa shape index (κ1) is 19.3. The Bertz CT molecular complexity index is 657. The molecule has 0 aliphatic rings. The van der Waals surface area contributed by atoms with E-state index in [9.17, 15) is 4.39 Å². The van der Waals surface area contributed by atoms with Crippen LogP contribution in [0.25, 0.3) is 0 Å². The van der Waals surface area contributed by atoms with Gasteiger partial charge in [0.05, 0.1) is 5.69 Å². The summed E-state index contributed by atoms with van der Waals surface area (Å²) in [5.74, 6) is 2.29. The Morgan fingerprint density at radius 3 is 2.72 bits per heavy atom. The molecule has 1 heterocycles. The van der Waals surface area contributed by atoms with Crippen LogP contribution in [0.2, 0.25) is 0 Å². The van der Waals surface area contributed by atoms with Gasteiger partial charge in [0.25, 0.3) is 0 Å². The van der Waals surface area contributed by atoms with Crippen molar-refractivity contribution in [2.24, 2.45) is 4.99 Å². The van der Waals surface area contributed by atoms with Crippen molar-refractivity contribution in [3.05, 3.63) is 47.6 Å². The summed E-state index contributed by atoms with van der Waals surface area (Å²) >= 11 is 1.72. The van der Waals surface area contributed by atoms with Crippen LogP contribution >= 0.6 is 11.8 Å². The number of aliphatic imine (C=N–C) groups is 1. The molecule has 0 saturated carbocycles. The predicted octanol–water partition coefficient (Wildman–Crippen LogP) is 3.61. The number of rotatable bonds is 9. The number of nitrogens with one attached hydrogen (secondary N) is 2. The Kier molecular flexibility index (Phi) is 8.31. The maximum Gasteiger partial charge on any atom is 0.191 e. The van der Waals surface area contributed by atoms with Crippen molar-refractivity contribution in [3.63, 3.8) is 0 Å². The van der Waals surface area contributed by atoms with Gasteiger partial charge < -0.3 is 15.2 Å². The normalized spacial score (nSPS) is 11.6. The predicted molar refractivity (Wildman–Crippen MR) is 100 cm³/mol. The zero-order chi connectivity index (χ0) is 17.9. The van der Waals surface area contributed by atoms with Gasteiger partial charge in [0.2, 0.25) is 0 Å². The SMILES string of the molecule is CCNC(=NCc1cc(CC)no1)NCCCSc1ccc(F)cc1. The molecule has 2 rings (SSSR count). The second kappa shape index (κ2) is 10.8. The van der Waals surface area contributed by atoms with Gasteiger partial charge in [0.1, 0.15) is 12.4 Å². The van der Waals surface area contributed by atoms with E-state index in [0.29, 0.717) is 6.54 Å². The van der Waals surface area contributed by atoms with Gasteiger partial charge in [-0.3, -0.25) is 0 Å². The number of benzene rings is 1. The molecule has 7 heteroatoms. The van der Waals surface area contributed by atoms with Crippen LogP contribution in [0.15, 0.2) is 44.7 Å². The third kappa shape index (κ3) is 7.17. The standard InChI is InChI=1S/C18H25FN4OS/c1-3-15-12-16(24-23-15)13-22-18(20-4-2)21-10-5-11-25-17-8-6-14(19)7-9-17/h6-9,12H,3-5,10-11,13H2,1-2H3,(H2,20,21,22). The first-order valence-electron chi connectivity index (χ1n) is 8.56. The summed E-state index contributed by atoms with van der Waals surface area (Å²) < 4.78 is 18.1. The van der Waals surface area contributed by atoms with Gasteiger partial charge in [0.15, 0.2) is 11.7 Å². The van der Waals surface area contributed by atoms with Crippen LogP contribution in [0.5, 0.6) is 0 Å². The number of aryl methyl sites for hydroxylation is 1. The topological polar surface area (TPSA) is 62.5 Å². The molecule has 1 aromatic heterocycles. The molecule has 0 fully saturated rings. The van der Waals surface area contributed by atoms with Crippen LogP contribution in [0, 0.1) is 5.82 Å². The van der Waals surface area contributed by atoms with Crippen LogP contribution in [-0.4, -0.2) is 30.0 Å². The van der Waals surface area contributed by atoms with E-state index in [2.05, 4.69) is 20.8 Å². The summed E-state index contributed by atoms with van der Waals surface area (Å²) in [4.78, 5) is 5.59. The highest BCUT2D eigenvalue weighted by Gasteiger charge is 2.03. The van der Waals surface area contributed by atoms with Gasteiger partial charge in [-0.1, -0.05) is 12.1 Å². The maximum absolute atomic E-state index is 12.9. The molecule has 0 aliphatic heterocycles. The fourth-order valence-corrected chi connectivity index (χ4v) is 2.95. The first-order chi connectivity index (χ1) is 12.2. The van der Waals surface area contributed by atoms with Gasteiger partial charge in [-0.25, -0.2) is 9.38 Å². The Hall–Kier alpha value is -2.02. The van der Waals surface area contributed by atoms with Crippen LogP contribution in [-0.2, 0) is 13.0 Å². The van der Waals surface area contributed by atoms with Gasteiger partial charge in [0, 0.05) is 24.1 Å². The third-order valence-corrected chi connectivity index (χ3v) is 4.50. The summed E-state index contributed by atoms with van der Waals surface area (Å²) in [6.07, 6.45) is 1.84. The number of guanidine groups is 1. The lowest BCUT2D eigenvalue weighted by molar-refractivity contribution is 0.379. The van der Waals surface area contributed by atoms with E-state index in [1.165, 1.54) is 12.1 Å². The number of thioether (sulfide) groups is 1. The van der Waals surface area contributed by atoms with E-state index >= 15 is 0 Å². The quantitative estimate of drug-likeness (QED) is 0.308. The highest BCUT2D eigenvalue weighted by molar-refractivity contribution is 7.99. The van der Waals surface area contributed by atoms with Gasteiger partial charge in [-0.15, -0.1) is 11.8 Å². The van der Waals surface area contributed by atoms with Crippen LogP contribution in [0.4, 0.5) is 4.39 Å². The molecule has 0 unspecified atom stereocenters. The molecule has 0 amide bonds. The van der Waals surface area contributed by atoms with Gasteiger partial charge >= 0.3 is 0 Å². The Balaban J connectivity index is 1.71. The van der Waals surface area contributed by atoms with Gasteiger partial charge in [-0.2, -0.15) is 0 Å². The van der Waals surface area contributed by atoms with Crippen LogP contribution < -0.4 is 10.6 Å². The molecule has 0 radical (unpaired) electrons. The monoisotopic (exact) mass is 364 g/mol. The number of nitrogens with zero attached hydrogens (tertiary/aromatic N) is 2. The summed E-state index contributed by atoms with van der Waals surface area (Å²) in [5, 5.41) is 10.5. The highest BCUT2D eigenvalue weighted by atomic mass is 32.2. The second-order valence-corrected chi connectivity index (χ2v) is 6.58. The van der Waals surface area contributed by atoms with Crippen molar-refractivity contribution < 1.29 is 8.91 Å². The minimum atomic E-state index is -0.199. The fourth-order valence-electron chi connectivity index (χ4n) is 2.10. The highest BCUT2D eigenvalue weighted by Crippen LogP contribution is 2.18. The molecule has 136 valence electrons. The van der Waals surface area contributed by atoms with E-state index < -0.39 is 0 Å². The van der Waals surface area contributed by atoms with Crippen molar-refractivity contribution in [3.8, 4) is 0 Å². The van der Waals surface area contributed by atoms with Crippen molar-refractivity contribution in [1.82, 2.24) is 15.8 Å². The van der Waals surface area contributed by atoms with Crippen LogP contribution in [0.1, 0.15) is 31.7 Å². The molecule has 1 aromatic carbocycles. The average molecular weight is 364 g/mol. The molecular weight excluding hydrogens is 339 g/mol. The smallest absolute Gasteiger partial charge is 0.191 e. The van der Waals surface area contributed by atoms with Gasteiger partial charge in [-0.05, 0) is 49.8 Å².